The van der Waals surface area contributed by atoms with Crippen molar-refractivity contribution in [1.82, 2.24) is 0 Å². The summed E-state index contributed by atoms with van der Waals surface area (Å²) < 4.78 is 0. The first-order valence-electron chi connectivity index (χ1n) is 20.3. The summed E-state index contributed by atoms with van der Waals surface area (Å²) in [5, 5.41) is 0.179. The van der Waals surface area contributed by atoms with Crippen molar-refractivity contribution in [2.24, 2.45) is 0 Å². The molecule has 282 valence electrons. The number of benzene rings is 4. The SMILES string of the molecule is C\C=C/C=C(\C=C\C)c1cccc(C2(c3cccc(C(/C=C/C)=C/C=C\C)c3)c3ccccc3-c3c(C)cc(C4=CC=C(C(C)(C)[Si+](C)C)C=C(C)C4)cc32)c1. The standard InChI is InChI=1S/C55H59Si/c1-11-15-23-41(21-13-3)43-25-19-27-48(36-43)55(49-28-20-26-44(37-49)42(22-14-4)24-16-12-2)51-30-18-17-29-50(51)53-40(6)35-46(38-52(53)55)45-31-32-47(34-39(5)33-45)54(7,8)56(9)10/h11-32,34-38H,33H2,1-10H3/q+1/b15-11-,16-12-,21-13+,22-14+,41-23+,42-24+. The van der Waals surface area contributed by atoms with E-state index in [9.17, 15) is 0 Å². The lowest BCUT2D eigenvalue weighted by atomic mass is 9.66. The Labute approximate surface area is 340 Å². The van der Waals surface area contributed by atoms with E-state index in [2.05, 4.69) is 232 Å². The molecule has 0 radical (unpaired) electrons. The van der Waals surface area contributed by atoms with Crippen LogP contribution in [-0.2, 0) is 5.41 Å². The molecule has 2 aliphatic rings. The van der Waals surface area contributed by atoms with Gasteiger partial charge in [0, 0.05) is 0 Å². The molecule has 0 amide bonds. The van der Waals surface area contributed by atoms with Gasteiger partial charge in [0.25, 0.3) is 0 Å². The zero-order chi connectivity index (χ0) is 40.0. The van der Waals surface area contributed by atoms with Crippen LogP contribution in [-0.4, -0.2) is 8.80 Å². The van der Waals surface area contributed by atoms with Crippen LogP contribution in [0.15, 0.2) is 175 Å². The van der Waals surface area contributed by atoms with Gasteiger partial charge in [-0.1, -0.05) is 151 Å². The molecule has 0 aromatic heterocycles. The number of hydrogen-bond acceptors (Lipinski definition) is 0. The second-order valence-electron chi connectivity index (χ2n) is 16.1. The quantitative estimate of drug-likeness (QED) is 0.0932. The molecular formula is C55H59Si+. The minimum Gasteiger partial charge on any atom is -0.0876 e. The average Bonchev–Trinajstić information content (AvgIpc) is 3.35. The maximum atomic E-state index is 2.55. The highest BCUT2D eigenvalue weighted by Crippen LogP contribution is 2.58. The van der Waals surface area contributed by atoms with Crippen molar-refractivity contribution in [3.8, 4) is 11.1 Å². The Kier molecular flexibility index (Phi) is 12.5. The largest absolute Gasteiger partial charge is 0.318 e. The molecule has 0 nitrogen and oxygen atoms in total. The van der Waals surface area contributed by atoms with Crippen LogP contribution in [0.3, 0.4) is 0 Å². The summed E-state index contributed by atoms with van der Waals surface area (Å²) in [6.07, 6.45) is 29.9. The van der Waals surface area contributed by atoms with E-state index in [1.165, 1.54) is 83.5 Å². The molecule has 0 N–H and O–H groups in total. The number of rotatable bonds is 11. The first-order chi connectivity index (χ1) is 27.0. The van der Waals surface area contributed by atoms with Gasteiger partial charge in [0.2, 0.25) is 0 Å². The molecule has 6 rings (SSSR count). The second kappa shape index (κ2) is 17.3. The summed E-state index contributed by atoms with van der Waals surface area (Å²) in [4.78, 5) is 0. The average molecular weight is 748 g/mol. The van der Waals surface area contributed by atoms with Crippen molar-refractivity contribution in [3.63, 3.8) is 0 Å². The number of aryl methyl sites for hydroxylation is 1. The fourth-order valence-corrected chi connectivity index (χ4v) is 9.23. The summed E-state index contributed by atoms with van der Waals surface area (Å²) in [5.41, 5.74) is 19.0. The molecule has 2 aliphatic carbocycles. The molecule has 4 aromatic rings. The summed E-state index contributed by atoms with van der Waals surface area (Å²) >= 11 is 0. The zero-order valence-corrected chi connectivity index (χ0v) is 36.3. The fourth-order valence-electron chi connectivity index (χ4n) is 8.50. The summed E-state index contributed by atoms with van der Waals surface area (Å²) in [5.74, 6) is 0. The minimum absolute atomic E-state index is 0.179. The van der Waals surface area contributed by atoms with E-state index in [0.29, 0.717) is 0 Å². The van der Waals surface area contributed by atoms with Gasteiger partial charge in [0.15, 0.2) is 0 Å². The van der Waals surface area contributed by atoms with Crippen LogP contribution in [0.25, 0.3) is 27.8 Å². The maximum absolute atomic E-state index is 2.55. The zero-order valence-electron chi connectivity index (χ0n) is 35.3. The molecule has 0 spiro atoms. The van der Waals surface area contributed by atoms with Gasteiger partial charge in [-0.05, 0) is 158 Å². The van der Waals surface area contributed by atoms with Crippen molar-refractivity contribution in [2.75, 3.05) is 0 Å². The molecule has 0 bridgehead atoms. The number of allylic oxidation sites excluding steroid dienone is 18. The van der Waals surface area contributed by atoms with E-state index in [1.54, 1.807) is 0 Å². The minimum atomic E-state index is -0.567. The van der Waals surface area contributed by atoms with Crippen LogP contribution in [0.2, 0.25) is 18.1 Å². The Bertz CT molecular complexity index is 2310. The maximum Gasteiger partial charge on any atom is 0.318 e. The number of hydrogen-bond donors (Lipinski definition) is 0. The molecule has 0 atom stereocenters. The topological polar surface area (TPSA) is 0 Å². The van der Waals surface area contributed by atoms with Crippen molar-refractivity contribution in [3.05, 3.63) is 220 Å². The van der Waals surface area contributed by atoms with E-state index in [-0.39, 0.29) is 5.04 Å². The molecule has 0 heterocycles. The molecule has 0 fully saturated rings. The van der Waals surface area contributed by atoms with Gasteiger partial charge in [0.1, 0.15) is 5.04 Å². The van der Waals surface area contributed by atoms with E-state index in [0.717, 1.165) is 6.42 Å². The van der Waals surface area contributed by atoms with Gasteiger partial charge in [-0.25, -0.2) is 0 Å². The van der Waals surface area contributed by atoms with E-state index in [4.69, 9.17) is 0 Å². The molecule has 0 saturated heterocycles. The highest BCUT2D eigenvalue weighted by atomic mass is 28.3. The van der Waals surface area contributed by atoms with Gasteiger partial charge < -0.3 is 0 Å². The van der Waals surface area contributed by atoms with Crippen LogP contribution in [0.1, 0.15) is 99.4 Å². The second-order valence-corrected chi connectivity index (χ2v) is 19.3. The molecule has 56 heavy (non-hydrogen) atoms. The van der Waals surface area contributed by atoms with E-state index >= 15 is 0 Å². The van der Waals surface area contributed by atoms with E-state index < -0.39 is 14.2 Å². The van der Waals surface area contributed by atoms with Gasteiger partial charge in [-0.3, -0.25) is 0 Å². The smallest absolute Gasteiger partial charge is 0.0876 e. The highest BCUT2D eigenvalue weighted by Gasteiger charge is 2.47. The predicted octanol–water partition coefficient (Wildman–Crippen LogP) is 15.6. The third-order valence-corrected chi connectivity index (χ3v) is 14.7. The van der Waals surface area contributed by atoms with Crippen molar-refractivity contribution in [2.45, 2.75) is 85.4 Å². The lowest BCUT2D eigenvalue weighted by molar-refractivity contribution is 0.767. The summed E-state index contributed by atoms with van der Waals surface area (Å²) in [6.45, 7) is 22.7. The Morgan fingerprint density at radius 3 is 1.80 bits per heavy atom. The van der Waals surface area contributed by atoms with Gasteiger partial charge in [-0.2, -0.15) is 0 Å². The normalized spacial score (nSPS) is 17.7. The van der Waals surface area contributed by atoms with Crippen LogP contribution in [0, 0.1) is 6.92 Å². The van der Waals surface area contributed by atoms with E-state index in [1.807, 2.05) is 0 Å². The van der Waals surface area contributed by atoms with Crippen LogP contribution >= 0.6 is 0 Å². The summed E-state index contributed by atoms with van der Waals surface area (Å²) in [6, 6.07) is 32.8. The predicted molar refractivity (Wildman–Crippen MR) is 250 cm³/mol. The van der Waals surface area contributed by atoms with Crippen molar-refractivity contribution >= 4 is 25.5 Å². The monoisotopic (exact) mass is 747 g/mol. The Balaban J connectivity index is 1.72. The molecule has 4 aromatic carbocycles. The third-order valence-electron chi connectivity index (χ3n) is 11.9. The summed E-state index contributed by atoms with van der Waals surface area (Å²) in [7, 11) is -0.554. The van der Waals surface area contributed by atoms with Crippen LogP contribution in [0.5, 0.6) is 0 Å². The number of fused-ring (bicyclic) bond motifs is 3. The lowest BCUT2D eigenvalue weighted by Crippen LogP contribution is -2.29. The fraction of sp³-hybridized carbons (Fsp3) is 0.236. The Morgan fingerprint density at radius 1 is 0.661 bits per heavy atom. The molecule has 0 unspecified atom stereocenters. The lowest BCUT2D eigenvalue weighted by Gasteiger charge is -2.35. The van der Waals surface area contributed by atoms with Crippen LogP contribution < -0.4 is 0 Å². The first kappa shape index (κ1) is 40.4. The Morgan fingerprint density at radius 2 is 1.25 bits per heavy atom. The molecular weight excluding hydrogens is 689 g/mol. The third kappa shape index (κ3) is 7.63. The van der Waals surface area contributed by atoms with Crippen molar-refractivity contribution in [1.29, 1.82) is 0 Å². The highest BCUT2D eigenvalue weighted by molar-refractivity contribution is 6.60. The van der Waals surface area contributed by atoms with Gasteiger partial charge in [-0.15, -0.1) is 0 Å². The molecule has 0 aliphatic heterocycles. The van der Waals surface area contributed by atoms with Gasteiger partial charge >= 0.3 is 8.80 Å². The first-order valence-corrected chi connectivity index (χ1v) is 22.8. The molecule has 0 saturated carbocycles. The van der Waals surface area contributed by atoms with Gasteiger partial charge in [0.05, 0.1) is 18.5 Å². The Hall–Kier alpha value is -5.24. The van der Waals surface area contributed by atoms with Crippen molar-refractivity contribution < 1.29 is 0 Å². The van der Waals surface area contributed by atoms with Crippen LogP contribution in [0.4, 0.5) is 0 Å². The molecule has 1 heteroatoms.